The monoisotopic (exact) mass is 504 g/mol. The molecule has 0 bridgehead atoms. The Labute approximate surface area is 217 Å². The summed E-state index contributed by atoms with van der Waals surface area (Å²) in [5, 5.41) is 7.44. The summed E-state index contributed by atoms with van der Waals surface area (Å²) < 4.78 is 15.5. The summed E-state index contributed by atoms with van der Waals surface area (Å²) in [4.78, 5) is 26.9. The second-order valence-corrected chi connectivity index (χ2v) is 8.63. The number of rotatable bonds is 9. The van der Waals surface area contributed by atoms with Crippen LogP contribution < -0.4 is 10.1 Å². The van der Waals surface area contributed by atoms with Gasteiger partial charge in [-0.15, -0.1) is 0 Å². The van der Waals surface area contributed by atoms with E-state index in [1.165, 1.54) is 26.4 Å². The van der Waals surface area contributed by atoms with Gasteiger partial charge in [-0.1, -0.05) is 17.6 Å². The van der Waals surface area contributed by atoms with Crippen LogP contribution in [0.2, 0.25) is 0 Å². The van der Waals surface area contributed by atoms with Gasteiger partial charge in [-0.3, -0.25) is 9.78 Å². The minimum Gasteiger partial charge on any atom is -0.491 e. The number of aryl methyl sites for hydroxylation is 2. The van der Waals surface area contributed by atoms with Crippen molar-refractivity contribution in [3.8, 4) is 28.6 Å². The molecule has 5 rings (SSSR count). The zero-order valence-electron chi connectivity index (χ0n) is 21.2. The number of hydrogen-bond acceptors (Lipinski definition) is 10. The normalized spacial score (nSPS) is 12.6. The van der Waals surface area contributed by atoms with E-state index in [1.54, 1.807) is 12.4 Å². The maximum atomic E-state index is 8.95. The lowest BCUT2D eigenvalue weighted by atomic mass is 9.86. The summed E-state index contributed by atoms with van der Waals surface area (Å²) in [6.07, 6.45) is 7.29. The molecule has 1 aliphatic carbocycles. The first-order valence-electron chi connectivity index (χ1n) is 12.1. The van der Waals surface area contributed by atoms with Gasteiger partial charge in [-0.05, 0) is 62.9 Å². The Balaban J connectivity index is 0.000000749. The molecule has 10 heteroatoms. The van der Waals surface area contributed by atoms with Crippen LogP contribution in [0.1, 0.15) is 37.6 Å². The number of hydrogen-bond donors (Lipinski definition) is 1. The highest BCUT2D eigenvalue weighted by Crippen LogP contribution is 2.30. The zero-order chi connectivity index (χ0) is 26.0. The van der Waals surface area contributed by atoms with Crippen molar-refractivity contribution in [2.75, 3.05) is 19.0 Å². The molecule has 0 saturated heterocycles. The molecular weight excluding hydrogens is 472 g/mol. The molecule has 1 N–H and O–H groups in total. The fraction of sp³-hybridized carbons (Fsp3) is 0.333. The van der Waals surface area contributed by atoms with Crippen molar-refractivity contribution in [2.45, 2.75) is 39.7 Å². The molecule has 194 valence electrons. The third-order valence-corrected chi connectivity index (χ3v) is 6.06. The third kappa shape index (κ3) is 6.66. The maximum absolute atomic E-state index is 8.95. The first-order chi connectivity index (χ1) is 18.1. The van der Waals surface area contributed by atoms with Gasteiger partial charge in [-0.2, -0.15) is 0 Å². The highest BCUT2D eigenvalue weighted by Gasteiger charge is 2.20. The number of carbonyl (C=O) groups excluding carboxylic acids is 1. The quantitative estimate of drug-likeness (QED) is 0.310. The maximum Gasteiger partial charge on any atom is 0.292 e. The smallest absolute Gasteiger partial charge is 0.292 e. The molecule has 0 aromatic carbocycles. The average Bonchev–Trinajstić information content (AvgIpc) is 3.28. The summed E-state index contributed by atoms with van der Waals surface area (Å²) in [6, 6.07) is 11.5. The Morgan fingerprint density at radius 3 is 2.54 bits per heavy atom. The molecule has 0 spiro atoms. The molecule has 0 amide bonds. The molecule has 4 aromatic rings. The predicted molar refractivity (Wildman–Crippen MR) is 140 cm³/mol. The van der Waals surface area contributed by atoms with E-state index < -0.39 is 0 Å². The van der Waals surface area contributed by atoms with Crippen LogP contribution >= 0.6 is 0 Å². The topological polar surface area (TPSA) is 125 Å². The van der Waals surface area contributed by atoms with Crippen LogP contribution in [-0.2, 0) is 16.1 Å². The summed E-state index contributed by atoms with van der Waals surface area (Å²) in [7, 11) is 1.31. The molecule has 0 atom stereocenters. The first-order valence-corrected chi connectivity index (χ1v) is 12.1. The molecular formula is C27H32N6O4. The van der Waals surface area contributed by atoms with Gasteiger partial charge in [0.05, 0.1) is 36.5 Å². The Bertz CT molecular complexity index is 1310. The van der Waals surface area contributed by atoms with Gasteiger partial charge >= 0.3 is 0 Å². The van der Waals surface area contributed by atoms with E-state index in [0.717, 1.165) is 46.4 Å². The van der Waals surface area contributed by atoms with E-state index in [1.807, 2.05) is 50.2 Å². The van der Waals surface area contributed by atoms with Crippen molar-refractivity contribution in [3.05, 3.63) is 65.7 Å². The number of nitrogens with zero attached hydrogens (tertiary/aromatic N) is 5. The van der Waals surface area contributed by atoms with Crippen molar-refractivity contribution in [3.63, 3.8) is 0 Å². The van der Waals surface area contributed by atoms with E-state index >= 15 is 0 Å². The van der Waals surface area contributed by atoms with Crippen molar-refractivity contribution in [1.29, 1.82) is 0 Å². The van der Waals surface area contributed by atoms with Crippen LogP contribution in [0.5, 0.6) is 5.75 Å². The molecule has 1 fully saturated rings. The van der Waals surface area contributed by atoms with Crippen LogP contribution in [0.25, 0.3) is 22.8 Å². The molecule has 0 radical (unpaired) electrons. The fourth-order valence-corrected chi connectivity index (χ4v) is 3.76. The second kappa shape index (κ2) is 12.6. The minimum absolute atomic E-state index is 0. The number of carbonyl (C=O) groups is 1. The van der Waals surface area contributed by atoms with Gasteiger partial charge in [0.25, 0.3) is 6.47 Å². The van der Waals surface area contributed by atoms with Crippen molar-refractivity contribution >= 4 is 12.4 Å². The van der Waals surface area contributed by atoms with E-state index in [4.69, 9.17) is 19.0 Å². The summed E-state index contributed by atoms with van der Waals surface area (Å²) in [6.45, 7) is 5.46. The molecule has 10 nitrogen and oxygen atoms in total. The summed E-state index contributed by atoms with van der Waals surface area (Å²) >= 11 is 0. The molecule has 1 aliphatic rings. The Morgan fingerprint density at radius 1 is 1.03 bits per heavy atom. The van der Waals surface area contributed by atoms with Crippen molar-refractivity contribution in [1.82, 2.24) is 25.1 Å². The van der Waals surface area contributed by atoms with E-state index in [9.17, 15) is 0 Å². The van der Waals surface area contributed by atoms with Crippen molar-refractivity contribution in [2.24, 2.45) is 5.92 Å². The third-order valence-electron chi connectivity index (χ3n) is 6.06. The first kappa shape index (κ1) is 25.7. The summed E-state index contributed by atoms with van der Waals surface area (Å²) in [5.41, 5.74) is 4.82. The highest BCUT2D eigenvalue weighted by molar-refractivity contribution is 5.60. The molecule has 1 saturated carbocycles. The van der Waals surface area contributed by atoms with Gasteiger partial charge < -0.3 is 19.3 Å². The standard InChI is InChI=1S/C25H26N6O2.C2H4O2.H2/c1-16-19(14-28-25-27-13-11-21(30-25)20-8-3-4-12-26-20)24(33-31-16)22-9-10-23(17(2)29-22)32-15-18-6-5-7-18;1-4-2-3;/h3-4,8-13,18H,5-7,14-15H2,1-2H3,(H,27,28,30);2H,1H3;1H. The predicted octanol–water partition coefficient (Wildman–Crippen LogP) is 5.03. The lowest BCUT2D eigenvalue weighted by Gasteiger charge is -2.25. The van der Waals surface area contributed by atoms with Crippen LogP contribution in [0.3, 0.4) is 0 Å². The Kier molecular flexibility index (Phi) is 8.75. The van der Waals surface area contributed by atoms with Gasteiger partial charge in [0, 0.05) is 25.9 Å². The highest BCUT2D eigenvalue weighted by atomic mass is 16.5. The Morgan fingerprint density at radius 2 is 1.86 bits per heavy atom. The fourth-order valence-electron chi connectivity index (χ4n) is 3.76. The van der Waals surface area contributed by atoms with Crippen LogP contribution in [0.15, 0.2) is 53.3 Å². The van der Waals surface area contributed by atoms with E-state index in [2.05, 4.69) is 30.2 Å². The SMILES string of the molecule is COC=O.Cc1nc(-c2onc(C)c2CNc2nccc(-c3ccccn3)n2)ccc1OCC1CCC1.[HH]. The van der Waals surface area contributed by atoms with E-state index in [0.29, 0.717) is 30.6 Å². The average molecular weight is 505 g/mol. The summed E-state index contributed by atoms with van der Waals surface area (Å²) in [5.74, 6) is 2.64. The number of methoxy groups -OCH3 is 1. The lowest BCUT2D eigenvalue weighted by molar-refractivity contribution is -0.126. The number of pyridine rings is 2. The van der Waals surface area contributed by atoms with Crippen LogP contribution in [0, 0.1) is 19.8 Å². The number of aromatic nitrogens is 5. The molecule has 4 aromatic heterocycles. The Hall–Kier alpha value is -4.34. The lowest BCUT2D eigenvalue weighted by Crippen LogP contribution is -2.19. The minimum atomic E-state index is 0. The number of nitrogens with one attached hydrogen (secondary N) is 1. The molecule has 0 unspecified atom stereocenters. The molecule has 37 heavy (non-hydrogen) atoms. The second-order valence-electron chi connectivity index (χ2n) is 8.63. The molecule has 4 heterocycles. The van der Waals surface area contributed by atoms with Crippen molar-refractivity contribution < 1.29 is 20.2 Å². The number of anilines is 1. The van der Waals surface area contributed by atoms with Gasteiger partial charge in [0.2, 0.25) is 5.95 Å². The van der Waals surface area contributed by atoms with Gasteiger partial charge in [-0.25, -0.2) is 15.0 Å². The van der Waals surface area contributed by atoms with Gasteiger partial charge in [0.1, 0.15) is 11.4 Å². The van der Waals surface area contributed by atoms with Crippen LogP contribution in [0.4, 0.5) is 5.95 Å². The number of ether oxygens (including phenoxy) is 2. The largest absolute Gasteiger partial charge is 0.491 e. The zero-order valence-corrected chi connectivity index (χ0v) is 21.2. The van der Waals surface area contributed by atoms with E-state index in [-0.39, 0.29) is 1.43 Å². The molecule has 0 aliphatic heterocycles. The van der Waals surface area contributed by atoms with Gasteiger partial charge in [0.15, 0.2) is 5.76 Å². The van der Waals surface area contributed by atoms with Crippen LogP contribution in [-0.4, -0.2) is 45.3 Å².